The number of allylic oxidation sites excluding steroid dienone is 1. The highest BCUT2D eigenvalue weighted by molar-refractivity contribution is 6.27. The highest BCUT2D eigenvalue weighted by Gasteiger charge is 2.38. The lowest BCUT2D eigenvalue weighted by Crippen LogP contribution is -2.25. The van der Waals surface area contributed by atoms with E-state index in [1.54, 1.807) is 42.6 Å². The van der Waals surface area contributed by atoms with Crippen molar-refractivity contribution < 1.29 is 23.8 Å². The van der Waals surface area contributed by atoms with Crippen LogP contribution >= 0.6 is 0 Å². The first-order valence-corrected chi connectivity index (χ1v) is 10.6. The van der Waals surface area contributed by atoms with E-state index in [-0.39, 0.29) is 17.0 Å². The maximum atomic E-state index is 15.4. The van der Waals surface area contributed by atoms with Crippen LogP contribution in [0.15, 0.2) is 66.4 Å². The predicted octanol–water partition coefficient (Wildman–Crippen LogP) is 3.67. The molecule has 0 saturated heterocycles. The molecule has 3 aromatic rings. The average molecular weight is 462 g/mol. The number of carbonyl (C=O) groups excluding carboxylic acids is 1. The number of halogens is 1. The van der Waals surface area contributed by atoms with E-state index in [4.69, 9.17) is 10.5 Å². The van der Waals surface area contributed by atoms with Crippen molar-refractivity contribution in [2.24, 2.45) is 0 Å². The van der Waals surface area contributed by atoms with E-state index < -0.39 is 34.7 Å². The molecule has 0 spiro atoms. The van der Waals surface area contributed by atoms with Gasteiger partial charge in [0.1, 0.15) is 22.8 Å². The van der Waals surface area contributed by atoms with Gasteiger partial charge >= 0.3 is 5.97 Å². The SMILES string of the molecule is COc1c(NCCNc2ccccn2)c(F)c(N)c2c1C(c1ccccc1)C=C(C(=O)O)C2=O. The lowest BCUT2D eigenvalue weighted by atomic mass is 9.78. The standard InChI is InChI=1S/C25H23FN4O4/c1-34-24-18-15(14-7-3-2-4-8-14)13-16(25(32)33)23(31)19(18)21(27)20(26)22(24)30-12-11-29-17-9-5-6-10-28-17/h2-10,13,15,30H,11-12,27H2,1H3,(H,28,29)(H,32,33). The van der Waals surface area contributed by atoms with Gasteiger partial charge in [-0.25, -0.2) is 14.2 Å². The van der Waals surface area contributed by atoms with Gasteiger partial charge < -0.3 is 26.2 Å². The number of aliphatic carboxylic acids is 1. The Kier molecular flexibility index (Phi) is 6.44. The second kappa shape index (κ2) is 9.62. The fourth-order valence-corrected chi connectivity index (χ4v) is 4.05. The van der Waals surface area contributed by atoms with Gasteiger partial charge in [0.05, 0.1) is 18.4 Å². The molecule has 0 fully saturated rings. The molecule has 4 rings (SSSR count). The Labute approximate surface area is 195 Å². The lowest BCUT2D eigenvalue weighted by molar-refractivity contribution is -0.132. The number of ether oxygens (including phenoxy) is 1. The monoisotopic (exact) mass is 462 g/mol. The molecular weight excluding hydrogens is 439 g/mol. The van der Waals surface area contributed by atoms with Crippen LogP contribution in [0.25, 0.3) is 0 Å². The summed E-state index contributed by atoms with van der Waals surface area (Å²) < 4.78 is 21.0. The van der Waals surface area contributed by atoms with Gasteiger partial charge in [-0.05, 0) is 17.7 Å². The third-order valence-electron chi connectivity index (χ3n) is 5.57. The van der Waals surface area contributed by atoms with Crippen LogP contribution in [-0.4, -0.2) is 42.0 Å². The summed E-state index contributed by atoms with van der Waals surface area (Å²) in [5.74, 6) is -3.04. The largest absolute Gasteiger partial charge is 0.494 e. The molecule has 1 atom stereocenters. The summed E-state index contributed by atoms with van der Waals surface area (Å²) >= 11 is 0. The fourth-order valence-electron chi connectivity index (χ4n) is 4.05. The second-order valence-corrected chi connectivity index (χ2v) is 7.60. The molecule has 1 aromatic heterocycles. The molecule has 1 aliphatic carbocycles. The van der Waals surface area contributed by atoms with Gasteiger partial charge in [-0.15, -0.1) is 0 Å². The minimum Gasteiger partial charge on any atom is -0.494 e. The van der Waals surface area contributed by atoms with Crippen molar-refractivity contribution in [3.8, 4) is 5.75 Å². The molecule has 0 saturated carbocycles. The number of nitrogen functional groups attached to an aromatic ring is 1. The Morgan fingerprint density at radius 1 is 1.15 bits per heavy atom. The lowest BCUT2D eigenvalue weighted by Gasteiger charge is -2.28. The van der Waals surface area contributed by atoms with E-state index in [1.165, 1.54) is 13.2 Å². The van der Waals surface area contributed by atoms with E-state index in [1.807, 2.05) is 12.1 Å². The Bertz CT molecular complexity index is 1260. The van der Waals surface area contributed by atoms with Crippen LogP contribution in [0.4, 0.5) is 21.6 Å². The summed E-state index contributed by atoms with van der Waals surface area (Å²) in [5.41, 5.74) is 6.03. The van der Waals surface area contributed by atoms with E-state index >= 15 is 4.39 Å². The number of ketones is 1. The molecule has 9 heteroatoms. The minimum absolute atomic E-state index is 0.00229. The van der Waals surface area contributed by atoms with Crippen LogP contribution in [0.3, 0.4) is 0 Å². The summed E-state index contributed by atoms with van der Waals surface area (Å²) in [6, 6.07) is 14.4. The van der Waals surface area contributed by atoms with Crippen molar-refractivity contribution in [3.05, 3.63) is 88.9 Å². The van der Waals surface area contributed by atoms with Crippen LogP contribution in [0.1, 0.15) is 27.4 Å². The number of carbonyl (C=O) groups is 2. The molecule has 0 aliphatic heterocycles. The quantitative estimate of drug-likeness (QED) is 0.227. The van der Waals surface area contributed by atoms with Gasteiger partial charge in [0, 0.05) is 30.8 Å². The van der Waals surface area contributed by atoms with Crippen LogP contribution in [0.5, 0.6) is 5.75 Å². The van der Waals surface area contributed by atoms with Crippen LogP contribution in [-0.2, 0) is 4.79 Å². The maximum Gasteiger partial charge on any atom is 0.339 e. The summed E-state index contributed by atoms with van der Waals surface area (Å²) in [5, 5.41) is 15.7. The number of nitrogens with zero attached hydrogens (tertiary/aromatic N) is 1. The van der Waals surface area contributed by atoms with Crippen molar-refractivity contribution in [3.63, 3.8) is 0 Å². The molecule has 0 radical (unpaired) electrons. The molecule has 174 valence electrons. The smallest absolute Gasteiger partial charge is 0.339 e. The van der Waals surface area contributed by atoms with Gasteiger partial charge in [0.25, 0.3) is 0 Å². The van der Waals surface area contributed by atoms with Crippen molar-refractivity contribution in [1.82, 2.24) is 4.98 Å². The molecule has 1 unspecified atom stereocenters. The Balaban J connectivity index is 1.77. The molecule has 5 N–H and O–H groups in total. The summed E-state index contributed by atoms with van der Waals surface area (Å²) in [7, 11) is 1.37. The molecular formula is C25H23FN4O4. The average Bonchev–Trinajstić information content (AvgIpc) is 2.85. The summed E-state index contributed by atoms with van der Waals surface area (Å²) in [6.45, 7) is 0.711. The van der Waals surface area contributed by atoms with Crippen molar-refractivity contribution in [2.75, 3.05) is 36.6 Å². The van der Waals surface area contributed by atoms with Crippen LogP contribution in [0, 0.1) is 5.82 Å². The Hall–Kier alpha value is -4.40. The number of fused-ring (bicyclic) bond motifs is 1. The summed E-state index contributed by atoms with van der Waals surface area (Å²) in [4.78, 5) is 29.0. The zero-order chi connectivity index (χ0) is 24.2. The molecule has 34 heavy (non-hydrogen) atoms. The number of pyridine rings is 1. The Morgan fingerprint density at radius 2 is 1.85 bits per heavy atom. The number of carboxylic acids is 1. The first kappa shape index (κ1) is 22.8. The highest BCUT2D eigenvalue weighted by Crippen LogP contribution is 2.48. The van der Waals surface area contributed by atoms with Gasteiger partial charge in [-0.1, -0.05) is 42.5 Å². The first-order chi connectivity index (χ1) is 16.4. The maximum absolute atomic E-state index is 15.4. The Morgan fingerprint density at radius 3 is 2.50 bits per heavy atom. The zero-order valence-electron chi connectivity index (χ0n) is 18.3. The first-order valence-electron chi connectivity index (χ1n) is 10.6. The number of carboxylic acid groups (broad SMARTS) is 1. The van der Waals surface area contributed by atoms with Gasteiger partial charge in [-0.3, -0.25) is 4.79 Å². The number of methoxy groups -OCH3 is 1. The predicted molar refractivity (Wildman–Crippen MR) is 127 cm³/mol. The normalized spacial score (nSPS) is 14.7. The van der Waals surface area contributed by atoms with Crippen LogP contribution < -0.4 is 21.1 Å². The molecule has 1 aliphatic rings. The third-order valence-corrected chi connectivity index (χ3v) is 5.57. The molecule has 8 nitrogen and oxygen atoms in total. The van der Waals surface area contributed by atoms with E-state index in [0.717, 1.165) is 0 Å². The molecule has 2 aromatic carbocycles. The third kappa shape index (κ3) is 4.15. The fraction of sp³-hybridized carbons (Fsp3) is 0.160. The minimum atomic E-state index is -1.40. The zero-order valence-corrected chi connectivity index (χ0v) is 18.3. The topological polar surface area (TPSA) is 127 Å². The van der Waals surface area contributed by atoms with Crippen molar-refractivity contribution in [2.45, 2.75) is 5.92 Å². The van der Waals surface area contributed by atoms with Crippen molar-refractivity contribution in [1.29, 1.82) is 0 Å². The molecule has 0 amide bonds. The number of Topliss-reactive ketones (excluding diaryl/α,β-unsaturated/α-hetero) is 1. The van der Waals surface area contributed by atoms with Gasteiger partial charge in [-0.2, -0.15) is 0 Å². The molecule has 1 heterocycles. The number of rotatable bonds is 8. The van der Waals surface area contributed by atoms with Crippen molar-refractivity contribution >= 4 is 28.9 Å². The van der Waals surface area contributed by atoms with E-state index in [2.05, 4.69) is 15.6 Å². The summed E-state index contributed by atoms with van der Waals surface area (Å²) in [6.07, 6.45) is 3.01. The van der Waals surface area contributed by atoms with E-state index in [9.17, 15) is 14.7 Å². The van der Waals surface area contributed by atoms with Gasteiger partial charge in [0.2, 0.25) is 5.78 Å². The number of nitrogens with two attached hydrogens (primary N) is 1. The number of nitrogens with one attached hydrogen (secondary N) is 2. The second-order valence-electron chi connectivity index (χ2n) is 7.60. The van der Waals surface area contributed by atoms with E-state index in [0.29, 0.717) is 30.0 Å². The number of hydrogen-bond donors (Lipinski definition) is 4. The number of hydrogen-bond acceptors (Lipinski definition) is 7. The number of benzene rings is 2. The number of aromatic nitrogens is 1. The van der Waals surface area contributed by atoms with Crippen LogP contribution in [0.2, 0.25) is 0 Å². The highest BCUT2D eigenvalue weighted by atomic mass is 19.1. The number of anilines is 3. The molecule has 0 bridgehead atoms. The van der Waals surface area contributed by atoms with Gasteiger partial charge in [0.15, 0.2) is 5.82 Å².